The molecule has 2 aromatic carbocycles. The van der Waals surface area contributed by atoms with Gasteiger partial charge in [0.05, 0.1) is 40.6 Å². The Morgan fingerprint density at radius 2 is 1.29 bits per heavy atom. The molecule has 0 aliphatic heterocycles. The fourth-order valence-corrected chi connectivity index (χ4v) is 3.90. The van der Waals surface area contributed by atoms with Crippen molar-refractivity contribution in [1.29, 1.82) is 0 Å². The number of benzene rings is 2. The summed E-state index contributed by atoms with van der Waals surface area (Å²) in [5, 5.41) is 13.2. The Morgan fingerprint density at radius 1 is 0.780 bits per heavy atom. The van der Waals surface area contributed by atoms with E-state index in [1.165, 1.54) is 28.4 Å². The lowest BCUT2D eigenvalue weighted by Crippen LogP contribution is -2.22. The Balaban J connectivity index is 1.43. The van der Waals surface area contributed by atoms with Gasteiger partial charge in [0.1, 0.15) is 28.7 Å². The van der Waals surface area contributed by atoms with E-state index in [1.54, 1.807) is 36.4 Å². The van der Waals surface area contributed by atoms with Crippen LogP contribution in [0.4, 0.5) is 11.4 Å². The number of nitrogens with zero attached hydrogens (tertiary/aromatic N) is 2. The molecular formula is C26H29N5O9S. The van der Waals surface area contributed by atoms with Crippen molar-refractivity contribution >= 4 is 40.9 Å². The number of carbonyl (C=O) groups excluding carboxylic acids is 3. The fourth-order valence-electron chi connectivity index (χ4n) is 3.30. The standard InChI is InChI=1S/C26H29N5O9S/c1-36-17-7-15(8-18(11-17)37-2)27-22(32)13-40-24(34)6-5-21-25(35)29-26(31-30-21)41-14-23(33)28-16-9-19(38-3)12-20(10-16)39-4/h7-12H,5-6,13-14H2,1-4H3,(H,27,32)(H,28,33)(H,29,31,35). The van der Waals surface area contributed by atoms with Crippen molar-refractivity contribution in [3.05, 3.63) is 52.4 Å². The zero-order chi connectivity index (χ0) is 29.8. The minimum Gasteiger partial charge on any atom is -0.497 e. The predicted molar refractivity (Wildman–Crippen MR) is 149 cm³/mol. The third-order valence-electron chi connectivity index (χ3n) is 5.28. The second-order valence-corrected chi connectivity index (χ2v) is 9.12. The number of thioether (sulfide) groups is 1. The number of H-pyrrole nitrogens is 1. The molecule has 3 rings (SSSR count). The van der Waals surface area contributed by atoms with Crippen LogP contribution < -0.4 is 35.1 Å². The van der Waals surface area contributed by atoms with Crippen LogP contribution in [0.1, 0.15) is 12.1 Å². The van der Waals surface area contributed by atoms with Gasteiger partial charge in [0.15, 0.2) is 11.8 Å². The van der Waals surface area contributed by atoms with Crippen molar-refractivity contribution in [2.24, 2.45) is 0 Å². The molecule has 0 atom stereocenters. The molecule has 0 aliphatic carbocycles. The molecule has 3 aromatic rings. The van der Waals surface area contributed by atoms with E-state index >= 15 is 0 Å². The molecular weight excluding hydrogens is 558 g/mol. The van der Waals surface area contributed by atoms with Crippen LogP contribution in [0.2, 0.25) is 0 Å². The molecule has 0 unspecified atom stereocenters. The van der Waals surface area contributed by atoms with E-state index in [9.17, 15) is 19.2 Å². The van der Waals surface area contributed by atoms with E-state index in [0.29, 0.717) is 34.4 Å². The van der Waals surface area contributed by atoms with Crippen molar-refractivity contribution in [2.45, 2.75) is 18.0 Å². The number of hydrogen-bond acceptors (Lipinski definition) is 12. The molecule has 0 spiro atoms. The third-order valence-corrected chi connectivity index (χ3v) is 6.15. The molecule has 1 aromatic heterocycles. The predicted octanol–water partition coefficient (Wildman–Crippen LogP) is 2.04. The third kappa shape index (κ3) is 9.72. The van der Waals surface area contributed by atoms with Crippen molar-refractivity contribution in [2.75, 3.05) is 51.4 Å². The van der Waals surface area contributed by atoms with Crippen molar-refractivity contribution in [3.63, 3.8) is 0 Å². The summed E-state index contributed by atoms with van der Waals surface area (Å²) in [6.07, 6.45) is -0.254. The highest BCUT2D eigenvalue weighted by atomic mass is 32.2. The highest BCUT2D eigenvalue weighted by molar-refractivity contribution is 7.99. The molecule has 15 heteroatoms. The molecule has 3 N–H and O–H groups in total. The van der Waals surface area contributed by atoms with E-state index in [2.05, 4.69) is 25.8 Å². The highest BCUT2D eigenvalue weighted by Gasteiger charge is 2.14. The zero-order valence-electron chi connectivity index (χ0n) is 22.8. The number of aromatic amines is 1. The van der Waals surface area contributed by atoms with Gasteiger partial charge in [-0.15, -0.1) is 10.2 Å². The van der Waals surface area contributed by atoms with Gasteiger partial charge in [0.25, 0.3) is 11.5 Å². The minimum absolute atomic E-state index is 0.00662. The first-order chi connectivity index (χ1) is 19.7. The van der Waals surface area contributed by atoms with Crippen LogP contribution in [0.5, 0.6) is 23.0 Å². The number of esters is 1. The quantitative estimate of drug-likeness (QED) is 0.185. The SMILES string of the molecule is COc1cc(NC(=O)COC(=O)CCc2nnc(SCC(=O)Nc3cc(OC)cc(OC)c3)[nH]c2=O)cc(OC)c1. The van der Waals surface area contributed by atoms with Crippen LogP contribution in [0.25, 0.3) is 0 Å². The molecule has 218 valence electrons. The van der Waals surface area contributed by atoms with Gasteiger partial charge >= 0.3 is 5.97 Å². The first-order valence-corrected chi connectivity index (χ1v) is 13.0. The second-order valence-electron chi connectivity index (χ2n) is 8.15. The second kappa shape index (κ2) is 15.1. The molecule has 14 nitrogen and oxygen atoms in total. The minimum atomic E-state index is -0.700. The van der Waals surface area contributed by atoms with Crippen LogP contribution in [0.15, 0.2) is 46.3 Å². The number of anilines is 2. The summed E-state index contributed by atoms with van der Waals surface area (Å²) in [4.78, 5) is 51.5. The maximum atomic E-state index is 12.4. The molecule has 0 saturated carbocycles. The lowest BCUT2D eigenvalue weighted by molar-refractivity contribution is -0.147. The topological polar surface area (TPSA) is 180 Å². The van der Waals surface area contributed by atoms with Crippen LogP contribution in [-0.4, -0.2) is 73.8 Å². The summed E-state index contributed by atoms with van der Waals surface area (Å²) in [5.41, 5.74) is 0.330. The smallest absolute Gasteiger partial charge is 0.306 e. The average Bonchev–Trinajstić information content (AvgIpc) is 2.97. The molecule has 0 saturated heterocycles. The maximum Gasteiger partial charge on any atom is 0.306 e. The Hall–Kier alpha value is -4.79. The Morgan fingerprint density at radius 3 is 1.78 bits per heavy atom. The summed E-state index contributed by atoms with van der Waals surface area (Å²) < 4.78 is 25.6. The van der Waals surface area contributed by atoms with Crippen LogP contribution in [0, 0.1) is 0 Å². The average molecular weight is 588 g/mol. The van der Waals surface area contributed by atoms with Gasteiger partial charge < -0.3 is 34.3 Å². The molecule has 0 bridgehead atoms. The normalized spacial score (nSPS) is 10.3. The Kier molecular flexibility index (Phi) is 11.3. The highest BCUT2D eigenvalue weighted by Crippen LogP contribution is 2.27. The number of nitrogens with one attached hydrogen (secondary N) is 3. The molecule has 1 heterocycles. The van der Waals surface area contributed by atoms with Gasteiger partial charge in [-0.25, -0.2) is 0 Å². The summed E-state index contributed by atoms with van der Waals surface area (Å²) >= 11 is 0.976. The van der Waals surface area contributed by atoms with Gasteiger partial charge in [-0.3, -0.25) is 24.2 Å². The Labute approximate surface area is 239 Å². The number of rotatable bonds is 14. The van der Waals surface area contributed by atoms with Crippen LogP contribution >= 0.6 is 11.8 Å². The van der Waals surface area contributed by atoms with E-state index in [1.807, 2.05) is 0 Å². The first-order valence-electron chi connectivity index (χ1n) is 12.0. The summed E-state index contributed by atoms with van der Waals surface area (Å²) in [6, 6.07) is 9.75. The number of amides is 2. The van der Waals surface area contributed by atoms with Gasteiger partial charge in [-0.05, 0) is 0 Å². The number of aromatic nitrogens is 3. The van der Waals surface area contributed by atoms with E-state index in [-0.39, 0.29) is 35.4 Å². The van der Waals surface area contributed by atoms with Crippen molar-refractivity contribution in [3.8, 4) is 23.0 Å². The van der Waals surface area contributed by atoms with Gasteiger partial charge in [0, 0.05) is 54.2 Å². The summed E-state index contributed by atoms with van der Waals surface area (Å²) in [7, 11) is 5.95. The van der Waals surface area contributed by atoms with E-state index < -0.39 is 24.0 Å². The number of hydrogen-bond donors (Lipinski definition) is 3. The largest absolute Gasteiger partial charge is 0.497 e. The lowest BCUT2D eigenvalue weighted by Gasteiger charge is -2.10. The monoisotopic (exact) mass is 587 g/mol. The zero-order valence-corrected chi connectivity index (χ0v) is 23.6. The number of aryl methyl sites for hydroxylation is 1. The lowest BCUT2D eigenvalue weighted by atomic mass is 10.2. The molecule has 0 radical (unpaired) electrons. The maximum absolute atomic E-state index is 12.4. The fraction of sp³-hybridized carbons (Fsp3) is 0.308. The van der Waals surface area contributed by atoms with E-state index in [4.69, 9.17) is 23.7 Å². The van der Waals surface area contributed by atoms with E-state index in [0.717, 1.165) is 11.8 Å². The van der Waals surface area contributed by atoms with Crippen LogP contribution in [-0.2, 0) is 25.5 Å². The van der Waals surface area contributed by atoms with Gasteiger partial charge in [-0.1, -0.05) is 11.8 Å². The molecule has 2 amide bonds. The van der Waals surface area contributed by atoms with Crippen molar-refractivity contribution < 1.29 is 38.1 Å². The molecule has 0 aliphatic rings. The number of ether oxygens (including phenoxy) is 5. The Bertz CT molecular complexity index is 1400. The number of methoxy groups -OCH3 is 4. The molecule has 41 heavy (non-hydrogen) atoms. The van der Waals surface area contributed by atoms with Gasteiger partial charge in [-0.2, -0.15) is 0 Å². The summed E-state index contributed by atoms with van der Waals surface area (Å²) in [6.45, 7) is -0.527. The van der Waals surface area contributed by atoms with Gasteiger partial charge in [0.2, 0.25) is 5.91 Å². The first kappa shape index (κ1) is 30.7. The van der Waals surface area contributed by atoms with Crippen molar-refractivity contribution in [1.82, 2.24) is 15.2 Å². The summed E-state index contributed by atoms with van der Waals surface area (Å²) in [5.74, 6) is 0.305. The van der Waals surface area contributed by atoms with Crippen LogP contribution in [0.3, 0.4) is 0 Å². The number of carbonyl (C=O) groups is 3. The molecule has 0 fully saturated rings.